The molecule has 0 atom stereocenters. The number of hydrazone groups is 1. The highest BCUT2D eigenvalue weighted by molar-refractivity contribution is 6.36. The number of H-pyrrole nitrogens is 1. The molecule has 2 amide bonds. The molecule has 0 radical (unpaired) electrons. The van der Waals surface area contributed by atoms with Gasteiger partial charge in [-0.05, 0) is 37.6 Å². The molecule has 158 valence electrons. The maximum atomic E-state index is 13.0. The van der Waals surface area contributed by atoms with Crippen LogP contribution in [0.4, 0.5) is 11.4 Å². The number of aromatic nitrogens is 1. The van der Waals surface area contributed by atoms with Crippen molar-refractivity contribution in [1.29, 1.82) is 0 Å². The van der Waals surface area contributed by atoms with E-state index in [1.165, 1.54) is 0 Å². The Bertz CT molecular complexity index is 962. The van der Waals surface area contributed by atoms with Crippen LogP contribution >= 0.6 is 0 Å². The zero-order valence-electron chi connectivity index (χ0n) is 17.7. The maximum Gasteiger partial charge on any atom is 0.259 e. The Morgan fingerprint density at radius 3 is 2.77 bits per heavy atom. The minimum Gasteiger partial charge on any atom is -0.378 e. The van der Waals surface area contributed by atoms with Gasteiger partial charge < -0.3 is 25.5 Å². The van der Waals surface area contributed by atoms with E-state index in [4.69, 9.17) is 0 Å². The number of benzene rings is 1. The first-order chi connectivity index (χ1) is 14.4. The maximum absolute atomic E-state index is 13.0. The highest BCUT2D eigenvalue weighted by Crippen LogP contribution is 2.33. The van der Waals surface area contributed by atoms with Crippen molar-refractivity contribution in [2.24, 2.45) is 5.10 Å². The third-order valence-electron chi connectivity index (χ3n) is 4.88. The Hall–Kier alpha value is -3.55. The zero-order valence-corrected chi connectivity index (χ0v) is 17.7. The van der Waals surface area contributed by atoms with Gasteiger partial charge in [0, 0.05) is 57.4 Å². The van der Waals surface area contributed by atoms with Crippen molar-refractivity contribution in [2.45, 2.75) is 13.3 Å². The minimum atomic E-state index is -0.172. The molecule has 0 fully saturated rings. The van der Waals surface area contributed by atoms with Crippen LogP contribution in [0.3, 0.4) is 0 Å². The third-order valence-corrected chi connectivity index (χ3v) is 4.88. The normalized spacial score (nSPS) is 14.6. The Balaban J connectivity index is 1.78. The van der Waals surface area contributed by atoms with E-state index in [1.807, 2.05) is 44.1 Å². The number of fused-ring (bicyclic) bond motifs is 1. The van der Waals surface area contributed by atoms with E-state index in [-0.39, 0.29) is 11.8 Å². The monoisotopic (exact) mass is 408 g/mol. The Morgan fingerprint density at radius 2 is 2.10 bits per heavy atom. The molecule has 2 heterocycles. The summed E-state index contributed by atoms with van der Waals surface area (Å²) in [6, 6.07) is 7.65. The fourth-order valence-electron chi connectivity index (χ4n) is 3.28. The van der Waals surface area contributed by atoms with Crippen molar-refractivity contribution in [3.05, 3.63) is 59.9 Å². The summed E-state index contributed by atoms with van der Waals surface area (Å²) in [6.45, 7) is 7.52. The second kappa shape index (κ2) is 9.30. The molecule has 1 aromatic carbocycles. The molecule has 8 nitrogen and oxygen atoms in total. The fraction of sp³-hybridized carbons (Fsp3) is 0.318. The summed E-state index contributed by atoms with van der Waals surface area (Å²) in [6.07, 6.45) is 3.97. The van der Waals surface area contributed by atoms with Crippen LogP contribution in [0.25, 0.3) is 0 Å². The van der Waals surface area contributed by atoms with Crippen LogP contribution in [0.2, 0.25) is 0 Å². The molecule has 30 heavy (non-hydrogen) atoms. The van der Waals surface area contributed by atoms with Gasteiger partial charge in [0.05, 0.1) is 16.8 Å². The van der Waals surface area contributed by atoms with Crippen LogP contribution in [0, 0.1) is 0 Å². The van der Waals surface area contributed by atoms with Crippen LogP contribution in [-0.4, -0.2) is 56.2 Å². The predicted octanol–water partition coefficient (Wildman–Crippen LogP) is 2.12. The summed E-state index contributed by atoms with van der Waals surface area (Å²) in [5.41, 5.74) is 7.13. The number of nitrogens with one attached hydrogen (secondary N) is 3. The summed E-state index contributed by atoms with van der Waals surface area (Å²) in [4.78, 5) is 31.7. The largest absolute Gasteiger partial charge is 0.378 e. The molecule has 0 unspecified atom stereocenters. The van der Waals surface area contributed by atoms with Gasteiger partial charge in [-0.15, -0.1) is 0 Å². The molecule has 0 saturated carbocycles. The first kappa shape index (κ1) is 21.2. The second-order valence-electron chi connectivity index (χ2n) is 7.21. The van der Waals surface area contributed by atoms with Gasteiger partial charge in [0.25, 0.3) is 11.8 Å². The number of amides is 2. The SMILES string of the molecule is C=C1C(=O)N(CCCNC(=O)c2cc[nH]c2)c2ccc(N(C)C)cc2/C1=N/NCC. The van der Waals surface area contributed by atoms with Crippen LogP contribution in [0.1, 0.15) is 29.3 Å². The minimum absolute atomic E-state index is 0.137. The molecular weight excluding hydrogens is 380 g/mol. The lowest BCUT2D eigenvalue weighted by molar-refractivity contribution is -0.114. The highest BCUT2D eigenvalue weighted by Gasteiger charge is 2.32. The van der Waals surface area contributed by atoms with Gasteiger partial charge in [0.2, 0.25) is 0 Å². The van der Waals surface area contributed by atoms with Crippen molar-refractivity contribution >= 4 is 28.9 Å². The average molecular weight is 409 g/mol. The summed E-state index contributed by atoms with van der Waals surface area (Å²) < 4.78 is 0. The van der Waals surface area contributed by atoms with Gasteiger partial charge in [0.1, 0.15) is 5.71 Å². The number of nitrogens with zero attached hydrogens (tertiary/aromatic N) is 3. The second-order valence-corrected chi connectivity index (χ2v) is 7.21. The molecule has 0 aliphatic carbocycles. The molecular formula is C22H28N6O2. The topological polar surface area (TPSA) is 92.8 Å². The molecule has 3 rings (SSSR count). The molecule has 1 aromatic heterocycles. The van der Waals surface area contributed by atoms with Crippen molar-refractivity contribution in [3.63, 3.8) is 0 Å². The van der Waals surface area contributed by atoms with Gasteiger partial charge in [-0.2, -0.15) is 5.10 Å². The molecule has 8 heteroatoms. The molecule has 0 spiro atoms. The van der Waals surface area contributed by atoms with Gasteiger partial charge >= 0.3 is 0 Å². The van der Waals surface area contributed by atoms with Crippen molar-refractivity contribution in [1.82, 2.24) is 15.7 Å². The van der Waals surface area contributed by atoms with E-state index in [0.29, 0.717) is 42.9 Å². The van der Waals surface area contributed by atoms with E-state index >= 15 is 0 Å². The highest BCUT2D eigenvalue weighted by atomic mass is 16.2. The lowest BCUT2D eigenvalue weighted by Crippen LogP contribution is -2.41. The molecule has 1 aliphatic rings. The Labute approximate surface area is 176 Å². The van der Waals surface area contributed by atoms with Gasteiger partial charge in [0.15, 0.2) is 0 Å². The number of aromatic amines is 1. The van der Waals surface area contributed by atoms with Gasteiger partial charge in [-0.3, -0.25) is 9.59 Å². The smallest absolute Gasteiger partial charge is 0.259 e. The van der Waals surface area contributed by atoms with Gasteiger partial charge in [-0.25, -0.2) is 0 Å². The predicted molar refractivity (Wildman–Crippen MR) is 120 cm³/mol. The third kappa shape index (κ3) is 4.37. The van der Waals surface area contributed by atoms with Crippen LogP contribution < -0.4 is 20.5 Å². The van der Waals surface area contributed by atoms with E-state index in [0.717, 1.165) is 16.9 Å². The number of carbonyl (C=O) groups is 2. The fourth-order valence-corrected chi connectivity index (χ4v) is 3.28. The summed E-state index contributed by atoms with van der Waals surface area (Å²) in [7, 11) is 3.94. The van der Waals surface area contributed by atoms with Crippen molar-refractivity contribution in [2.75, 3.05) is 43.5 Å². The number of carbonyl (C=O) groups excluding carboxylic acids is 2. The Kier molecular flexibility index (Phi) is 6.56. The lowest BCUT2D eigenvalue weighted by Gasteiger charge is -2.32. The standard InChI is InChI=1S/C22H28N6O2/c1-5-25-26-20-15(2)22(30)28(19-8-7-17(27(3)4)13-18(19)20)12-6-10-24-21(29)16-9-11-23-14-16/h7-9,11,13-14,23,25H,2,5-6,10,12H2,1,3-4H3,(H,24,29)/b26-20+. The molecule has 0 bridgehead atoms. The van der Waals surface area contributed by atoms with Crippen molar-refractivity contribution < 1.29 is 9.59 Å². The summed E-state index contributed by atoms with van der Waals surface area (Å²) in [5, 5.41) is 7.27. The van der Waals surface area contributed by atoms with E-state index < -0.39 is 0 Å². The number of hydrogen-bond acceptors (Lipinski definition) is 5. The summed E-state index contributed by atoms with van der Waals surface area (Å²) in [5.74, 6) is -0.310. The van der Waals surface area contributed by atoms with Crippen molar-refractivity contribution in [3.8, 4) is 0 Å². The van der Waals surface area contributed by atoms with E-state index in [9.17, 15) is 9.59 Å². The molecule has 3 N–H and O–H groups in total. The summed E-state index contributed by atoms with van der Waals surface area (Å²) >= 11 is 0. The first-order valence-corrected chi connectivity index (χ1v) is 9.98. The average Bonchev–Trinajstić information content (AvgIpc) is 3.28. The molecule has 1 aliphatic heterocycles. The van der Waals surface area contributed by atoms with Crippen LogP contribution in [0.15, 0.2) is 53.9 Å². The van der Waals surface area contributed by atoms with E-state index in [2.05, 4.69) is 27.4 Å². The number of hydrogen-bond donors (Lipinski definition) is 3. The van der Waals surface area contributed by atoms with E-state index in [1.54, 1.807) is 23.4 Å². The first-order valence-electron chi connectivity index (χ1n) is 9.98. The quantitative estimate of drug-likeness (QED) is 0.354. The van der Waals surface area contributed by atoms with Crippen LogP contribution in [-0.2, 0) is 4.79 Å². The number of anilines is 2. The molecule has 2 aromatic rings. The lowest BCUT2D eigenvalue weighted by atomic mass is 9.94. The van der Waals surface area contributed by atoms with Gasteiger partial charge in [-0.1, -0.05) is 6.58 Å². The molecule has 0 saturated heterocycles. The Morgan fingerprint density at radius 1 is 1.30 bits per heavy atom. The number of rotatable bonds is 8. The van der Waals surface area contributed by atoms with Crippen LogP contribution in [0.5, 0.6) is 0 Å². The zero-order chi connectivity index (χ0) is 21.7.